The van der Waals surface area contributed by atoms with Gasteiger partial charge in [0.05, 0.1) is 10.7 Å². The van der Waals surface area contributed by atoms with Crippen molar-refractivity contribution >= 4 is 44.9 Å². The first-order valence-corrected chi connectivity index (χ1v) is 8.41. The smallest absolute Gasteiger partial charge is 0.291 e. The second-order valence-electron chi connectivity index (χ2n) is 6.16. The number of fused-ring (bicyclic) bond motifs is 3. The minimum Gasteiger partial charge on any atom is -0.450 e. The lowest BCUT2D eigenvalue weighted by atomic mass is 10.1. The second kappa shape index (κ2) is 5.94. The minimum absolute atomic E-state index is 0.302. The van der Waals surface area contributed by atoms with Crippen LogP contribution in [0.2, 0.25) is 5.02 Å². The Morgan fingerprint density at radius 2 is 1.80 bits per heavy atom. The first kappa shape index (κ1) is 15.7. The van der Waals surface area contributed by atoms with Gasteiger partial charge >= 0.3 is 0 Å². The molecule has 124 valence electrons. The van der Waals surface area contributed by atoms with Crippen LogP contribution in [0.1, 0.15) is 21.7 Å². The van der Waals surface area contributed by atoms with E-state index in [4.69, 9.17) is 16.0 Å². The van der Waals surface area contributed by atoms with Crippen LogP contribution >= 0.6 is 11.6 Å². The molecule has 4 heteroatoms. The Bertz CT molecular complexity index is 1130. The number of hydrogen-bond donors (Lipinski definition) is 1. The first-order chi connectivity index (χ1) is 12.0. The summed E-state index contributed by atoms with van der Waals surface area (Å²) in [5.74, 6) is 0.00605. The van der Waals surface area contributed by atoms with Gasteiger partial charge in [0.2, 0.25) is 0 Å². The molecular weight excluding hydrogens is 334 g/mol. The number of hydrogen-bond acceptors (Lipinski definition) is 2. The van der Waals surface area contributed by atoms with E-state index >= 15 is 0 Å². The van der Waals surface area contributed by atoms with Crippen LogP contribution in [0.15, 0.2) is 59.0 Å². The Kier molecular flexibility index (Phi) is 3.74. The Morgan fingerprint density at radius 1 is 1.00 bits per heavy atom. The average molecular weight is 350 g/mol. The molecule has 4 aromatic rings. The lowest BCUT2D eigenvalue weighted by molar-refractivity contribution is 0.0998. The summed E-state index contributed by atoms with van der Waals surface area (Å²) < 4.78 is 5.95. The topological polar surface area (TPSA) is 42.2 Å². The van der Waals surface area contributed by atoms with Gasteiger partial charge in [0, 0.05) is 16.3 Å². The predicted octanol–water partition coefficient (Wildman–Crippen LogP) is 6.11. The maximum absolute atomic E-state index is 12.7. The second-order valence-corrected chi connectivity index (χ2v) is 6.56. The number of nitrogens with one attached hydrogen (secondary N) is 1. The highest BCUT2D eigenvalue weighted by atomic mass is 35.5. The van der Waals surface area contributed by atoms with Gasteiger partial charge in [0.25, 0.3) is 5.91 Å². The van der Waals surface area contributed by atoms with Crippen molar-refractivity contribution in [2.24, 2.45) is 0 Å². The molecule has 1 N–H and O–H groups in total. The van der Waals surface area contributed by atoms with Crippen molar-refractivity contribution in [3.8, 4) is 0 Å². The van der Waals surface area contributed by atoms with Gasteiger partial charge in [-0.3, -0.25) is 4.79 Å². The van der Waals surface area contributed by atoms with Gasteiger partial charge in [0.15, 0.2) is 5.76 Å². The molecule has 1 heterocycles. The zero-order valence-corrected chi connectivity index (χ0v) is 14.6. The number of carbonyl (C=O) groups is 1. The molecule has 0 fully saturated rings. The summed E-state index contributed by atoms with van der Waals surface area (Å²) in [4.78, 5) is 12.7. The summed E-state index contributed by atoms with van der Waals surface area (Å²) in [5.41, 5.74) is 3.16. The number of benzene rings is 3. The molecule has 3 nitrogen and oxygen atoms in total. The number of aryl methyl sites for hydroxylation is 2. The molecular formula is C21H16ClNO2. The molecule has 1 aromatic heterocycles. The number of anilines is 1. The van der Waals surface area contributed by atoms with Gasteiger partial charge in [-0.15, -0.1) is 0 Å². The van der Waals surface area contributed by atoms with Crippen molar-refractivity contribution in [1.29, 1.82) is 0 Å². The number of amides is 1. The quantitative estimate of drug-likeness (QED) is 0.474. The van der Waals surface area contributed by atoms with Crippen LogP contribution in [0.4, 0.5) is 5.69 Å². The van der Waals surface area contributed by atoms with Gasteiger partial charge in [-0.05, 0) is 36.9 Å². The molecule has 4 rings (SSSR count). The molecule has 0 bridgehead atoms. The summed E-state index contributed by atoms with van der Waals surface area (Å²) in [5, 5.41) is 6.37. The lowest BCUT2D eigenvalue weighted by Gasteiger charge is -2.06. The van der Waals surface area contributed by atoms with E-state index in [0.717, 1.165) is 32.9 Å². The number of halogens is 1. The van der Waals surface area contributed by atoms with Crippen LogP contribution in [0, 0.1) is 13.8 Å². The van der Waals surface area contributed by atoms with Crippen molar-refractivity contribution in [3.05, 3.63) is 76.5 Å². The minimum atomic E-state index is -0.302. The molecule has 0 aliphatic carbocycles. The zero-order valence-electron chi connectivity index (χ0n) is 13.9. The highest BCUT2D eigenvalue weighted by Gasteiger charge is 2.19. The molecule has 0 aliphatic heterocycles. The summed E-state index contributed by atoms with van der Waals surface area (Å²) in [6, 6.07) is 17.5. The van der Waals surface area contributed by atoms with Gasteiger partial charge in [-0.1, -0.05) is 54.1 Å². The Morgan fingerprint density at radius 3 is 2.60 bits per heavy atom. The highest BCUT2D eigenvalue weighted by Crippen LogP contribution is 2.32. The normalized spacial score (nSPS) is 11.2. The van der Waals surface area contributed by atoms with Crippen molar-refractivity contribution in [3.63, 3.8) is 0 Å². The zero-order chi connectivity index (χ0) is 17.6. The molecule has 1 amide bonds. The van der Waals surface area contributed by atoms with Gasteiger partial charge < -0.3 is 9.73 Å². The first-order valence-electron chi connectivity index (χ1n) is 8.03. The fraction of sp³-hybridized carbons (Fsp3) is 0.0952. The van der Waals surface area contributed by atoms with Crippen molar-refractivity contribution in [2.75, 3.05) is 5.32 Å². The van der Waals surface area contributed by atoms with E-state index in [1.54, 1.807) is 6.07 Å². The van der Waals surface area contributed by atoms with Crippen LogP contribution in [-0.4, -0.2) is 5.91 Å². The molecule has 0 saturated carbocycles. The van der Waals surface area contributed by atoms with Gasteiger partial charge in [-0.25, -0.2) is 0 Å². The third-order valence-corrected chi connectivity index (χ3v) is 4.72. The van der Waals surface area contributed by atoms with E-state index in [0.29, 0.717) is 16.5 Å². The van der Waals surface area contributed by atoms with Crippen LogP contribution in [0.25, 0.3) is 21.7 Å². The third-order valence-electron chi connectivity index (χ3n) is 4.41. The number of rotatable bonds is 2. The predicted molar refractivity (Wildman–Crippen MR) is 103 cm³/mol. The average Bonchev–Trinajstić information content (AvgIpc) is 2.95. The van der Waals surface area contributed by atoms with E-state index in [2.05, 4.69) is 5.32 Å². The SMILES string of the molecule is Cc1ccc(NC(=O)c2oc3c(ccc4ccccc43)c2C)c(Cl)c1. The van der Waals surface area contributed by atoms with Crippen LogP contribution in [0.3, 0.4) is 0 Å². The van der Waals surface area contributed by atoms with Crippen molar-refractivity contribution in [2.45, 2.75) is 13.8 Å². The Hall–Kier alpha value is -2.78. The molecule has 0 radical (unpaired) electrons. The van der Waals surface area contributed by atoms with Crippen molar-refractivity contribution in [1.82, 2.24) is 0 Å². The monoisotopic (exact) mass is 349 g/mol. The molecule has 0 atom stereocenters. The summed E-state index contributed by atoms with van der Waals surface area (Å²) in [6.45, 7) is 3.85. The third kappa shape index (κ3) is 2.67. The van der Waals surface area contributed by atoms with Gasteiger partial charge in [-0.2, -0.15) is 0 Å². The van der Waals surface area contributed by atoms with E-state index in [-0.39, 0.29) is 5.91 Å². The van der Waals surface area contributed by atoms with Crippen LogP contribution in [-0.2, 0) is 0 Å². The van der Waals surface area contributed by atoms with E-state index < -0.39 is 0 Å². The lowest BCUT2D eigenvalue weighted by Crippen LogP contribution is -2.12. The van der Waals surface area contributed by atoms with Crippen molar-refractivity contribution < 1.29 is 9.21 Å². The fourth-order valence-corrected chi connectivity index (χ4v) is 3.35. The van der Waals surface area contributed by atoms with E-state index in [1.807, 2.05) is 62.4 Å². The number of furan rings is 1. The number of carbonyl (C=O) groups excluding carboxylic acids is 1. The van der Waals surface area contributed by atoms with Crippen LogP contribution < -0.4 is 5.32 Å². The molecule has 25 heavy (non-hydrogen) atoms. The Labute approximate surface area is 150 Å². The molecule has 0 saturated heterocycles. The highest BCUT2D eigenvalue weighted by molar-refractivity contribution is 6.34. The molecule has 0 spiro atoms. The summed E-state index contributed by atoms with van der Waals surface area (Å²) >= 11 is 6.21. The molecule has 0 unspecified atom stereocenters. The maximum Gasteiger partial charge on any atom is 0.291 e. The molecule has 3 aromatic carbocycles. The largest absolute Gasteiger partial charge is 0.450 e. The van der Waals surface area contributed by atoms with E-state index in [1.165, 1.54) is 0 Å². The van der Waals surface area contributed by atoms with E-state index in [9.17, 15) is 4.79 Å². The van der Waals surface area contributed by atoms with Crippen LogP contribution in [0.5, 0.6) is 0 Å². The summed E-state index contributed by atoms with van der Waals surface area (Å²) in [6.07, 6.45) is 0. The Balaban J connectivity index is 1.79. The maximum atomic E-state index is 12.7. The summed E-state index contributed by atoms with van der Waals surface area (Å²) in [7, 11) is 0. The fourth-order valence-electron chi connectivity index (χ4n) is 3.07. The van der Waals surface area contributed by atoms with Gasteiger partial charge in [0.1, 0.15) is 5.58 Å². The molecule has 0 aliphatic rings. The standard InChI is InChI=1S/C21H16ClNO2/c1-12-7-10-18(17(22)11-12)23-21(24)19-13(2)15-9-8-14-5-3-4-6-16(14)20(15)25-19/h3-11H,1-2H3,(H,23,24).